The zero-order valence-electron chi connectivity index (χ0n) is 12.2. The molecular formula is C15H19N5O2. The predicted molar refractivity (Wildman–Crippen MR) is 80.9 cm³/mol. The third-order valence-corrected chi connectivity index (χ3v) is 3.05. The third-order valence-electron chi connectivity index (χ3n) is 3.05. The first-order chi connectivity index (χ1) is 10.7. The molecule has 0 aliphatic heterocycles. The van der Waals surface area contributed by atoms with Crippen LogP contribution >= 0.6 is 0 Å². The van der Waals surface area contributed by atoms with Crippen molar-refractivity contribution in [1.29, 1.82) is 0 Å². The number of hydrogen-bond donors (Lipinski definition) is 3. The Kier molecular flexibility index (Phi) is 6.10. The maximum atomic E-state index is 11.6. The van der Waals surface area contributed by atoms with Crippen molar-refractivity contribution < 1.29 is 9.59 Å². The molecule has 7 heteroatoms. The van der Waals surface area contributed by atoms with Gasteiger partial charge in [-0.1, -0.05) is 6.07 Å². The Labute approximate surface area is 128 Å². The molecule has 0 aliphatic carbocycles. The average molecular weight is 301 g/mol. The van der Waals surface area contributed by atoms with E-state index in [1.807, 2.05) is 18.2 Å². The van der Waals surface area contributed by atoms with Gasteiger partial charge in [0.1, 0.15) is 0 Å². The van der Waals surface area contributed by atoms with Crippen LogP contribution in [0, 0.1) is 0 Å². The Morgan fingerprint density at radius 3 is 2.77 bits per heavy atom. The van der Waals surface area contributed by atoms with Crippen LogP contribution in [0.4, 0.5) is 0 Å². The van der Waals surface area contributed by atoms with Crippen LogP contribution in [0.2, 0.25) is 0 Å². The highest BCUT2D eigenvalue weighted by Gasteiger charge is 2.06. The van der Waals surface area contributed by atoms with Crippen molar-refractivity contribution in [2.45, 2.75) is 19.3 Å². The lowest BCUT2D eigenvalue weighted by Crippen LogP contribution is -2.37. The number of aromatic amines is 1. The van der Waals surface area contributed by atoms with Crippen molar-refractivity contribution in [1.82, 2.24) is 25.6 Å². The Hall–Kier alpha value is -2.70. The van der Waals surface area contributed by atoms with E-state index in [2.05, 4.69) is 25.6 Å². The van der Waals surface area contributed by atoms with Gasteiger partial charge in [-0.15, -0.1) is 0 Å². The number of pyridine rings is 1. The first-order valence-electron chi connectivity index (χ1n) is 7.14. The number of imidazole rings is 1. The molecule has 7 nitrogen and oxygen atoms in total. The van der Waals surface area contributed by atoms with Crippen molar-refractivity contribution in [3.8, 4) is 0 Å². The lowest BCUT2D eigenvalue weighted by Gasteiger charge is -2.06. The average Bonchev–Trinajstić information content (AvgIpc) is 3.05. The van der Waals surface area contributed by atoms with Crippen LogP contribution in [-0.2, 0) is 22.4 Å². The fourth-order valence-electron chi connectivity index (χ4n) is 1.88. The number of nitrogens with zero attached hydrogens (tertiary/aromatic N) is 2. The van der Waals surface area contributed by atoms with Crippen molar-refractivity contribution in [3.05, 3.63) is 48.3 Å². The predicted octanol–water partition coefficient (Wildman–Crippen LogP) is 0.212. The van der Waals surface area contributed by atoms with Crippen LogP contribution in [0.1, 0.15) is 17.8 Å². The topological polar surface area (TPSA) is 99.8 Å². The number of hydrogen-bond acceptors (Lipinski definition) is 4. The lowest BCUT2D eigenvalue weighted by atomic mass is 10.2. The summed E-state index contributed by atoms with van der Waals surface area (Å²) < 4.78 is 0. The quantitative estimate of drug-likeness (QED) is 0.649. The summed E-state index contributed by atoms with van der Waals surface area (Å²) in [6.07, 6.45) is 6.54. The van der Waals surface area contributed by atoms with Crippen LogP contribution in [-0.4, -0.2) is 39.9 Å². The van der Waals surface area contributed by atoms with Gasteiger partial charge in [-0.25, -0.2) is 4.98 Å². The molecule has 0 aliphatic rings. The fraction of sp³-hybridized carbons (Fsp3) is 0.333. The second-order valence-electron chi connectivity index (χ2n) is 4.77. The molecule has 0 fully saturated rings. The molecule has 0 saturated heterocycles. The Morgan fingerprint density at radius 1 is 1.14 bits per heavy atom. The van der Waals surface area contributed by atoms with Gasteiger partial charge in [0.2, 0.25) is 11.8 Å². The number of H-pyrrole nitrogens is 1. The van der Waals surface area contributed by atoms with Crippen molar-refractivity contribution >= 4 is 11.8 Å². The van der Waals surface area contributed by atoms with Crippen LogP contribution in [0.5, 0.6) is 0 Å². The van der Waals surface area contributed by atoms with Gasteiger partial charge in [0, 0.05) is 43.2 Å². The summed E-state index contributed by atoms with van der Waals surface area (Å²) in [5, 5.41) is 5.34. The molecule has 3 N–H and O–H groups in total. The molecule has 0 unspecified atom stereocenters. The normalized spacial score (nSPS) is 10.2. The number of rotatable bonds is 8. The molecule has 0 saturated carbocycles. The summed E-state index contributed by atoms with van der Waals surface area (Å²) >= 11 is 0. The molecule has 0 spiro atoms. The van der Waals surface area contributed by atoms with Gasteiger partial charge in [-0.05, 0) is 18.6 Å². The number of carbonyl (C=O) groups excluding carboxylic acids is 2. The Bertz CT molecular complexity index is 583. The highest BCUT2D eigenvalue weighted by Crippen LogP contribution is 1.96. The van der Waals surface area contributed by atoms with E-state index in [0.29, 0.717) is 25.8 Å². The zero-order chi connectivity index (χ0) is 15.6. The summed E-state index contributed by atoms with van der Waals surface area (Å²) in [7, 11) is 0. The van der Waals surface area contributed by atoms with E-state index in [0.717, 1.165) is 11.4 Å². The van der Waals surface area contributed by atoms with Crippen LogP contribution < -0.4 is 10.6 Å². The van der Waals surface area contributed by atoms with Crippen LogP contribution in [0.3, 0.4) is 0 Å². The molecule has 2 rings (SSSR count). The minimum absolute atomic E-state index is 0.00989. The number of carbonyl (C=O) groups is 2. The van der Waals surface area contributed by atoms with E-state index < -0.39 is 0 Å². The van der Waals surface area contributed by atoms with E-state index in [-0.39, 0.29) is 18.4 Å². The maximum absolute atomic E-state index is 11.6. The number of amides is 2. The smallest absolute Gasteiger partial charge is 0.239 e. The number of nitrogens with one attached hydrogen (secondary N) is 3. The lowest BCUT2D eigenvalue weighted by molar-refractivity contribution is -0.126. The van der Waals surface area contributed by atoms with Gasteiger partial charge in [-0.3, -0.25) is 14.6 Å². The summed E-state index contributed by atoms with van der Waals surface area (Å²) in [6.45, 7) is 0.490. The van der Waals surface area contributed by atoms with E-state index in [1.165, 1.54) is 0 Å². The summed E-state index contributed by atoms with van der Waals surface area (Å²) in [4.78, 5) is 34.2. The molecule has 0 aromatic carbocycles. The standard InChI is InChI=1S/C15H19N5O2/c21-14(5-4-13-9-16-11-20-13)19-10-15(22)18-8-6-12-3-1-2-7-17-12/h1-3,7,9,11H,4-6,8,10H2,(H,16,20)(H,18,22)(H,19,21). The van der Waals surface area contributed by atoms with Gasteiger partial charge in [0.15, 0.2) is 0 Å². The van der Waals surface area contributed by atoms with Crippen molar-refractivity contribution in [2.24, 2.45) is 0 Å². The van der Waals surface area contributed by atoms with Gasteiger partial charge < -0.3 is 15.6 Å². The SMILES string of the molecule is O=C(CCc1cnc[nH]1)NCC(=O)NCCc1ccccn1. The number of aryl methyl sites for hydroxylation is 1. The second kappa shape index (κ2) is 8.56. The Balaban J connectivity index is 1.56. The third kappa shape index (κ3) is 5.74. The fourth-order valence-corrected chi connectivity index (χ4v) is 1.88. The summed E-state index contributed by atoms with van der Waals surface area (Å²) in [5.74, 6) is -0.361. The molecule has 0 radical (unpaired) electrons. The largest absolute Gasteiger partial charge is 0.354 e. The van der Waals surface area contributed by atoms with E-state index >= 15 is 0 Å². The van der Waals surface area contributed by atoms with E-state index in [9.17, 15) is 9.59 Å². The maximum Gasteiger partial charge on any atom is 0.239 e. The van der Waals surface area contributed by atoms with Gasteiger partial charge in [-0.2, -0.15) is 0 Å². The molecule has 0 bridgehead atoms. The molecular weight excluding hydrogens is 282 g/mol. The first-order valence-corrected chi connectivity index (χ1v) is 7.14. The highest BCUT2D eigenvalue weighted by atomic mass is 16.2. The van der Waals surface area contributed by atoms with E-state index in [1.54, 1.807) is 18.7 Å². The van der Waals surface area contributed by atoms with Gasteiger partial charge >= 0.3 is 0 Å². The van der Waals surface area contributed by atoms with Crippen molar-refractivity contribution in [3.63, 3.8) is 0 Å². The van der Waals surface area contributed by atoms with Gasteiger partial charge in [0.25, 0.3) is 0 Å². The molecule has 2 aromatic heterocycles. The van der Waals surface area contributed by atoms with Crippen LogP contribution in [0.25, 0.3) is 0 Å². The second-order valence-corrected chi connectivity index (χ2v) is 4.77. The minimum atomic E-state index is -0.203. The van der Waals surface area contributed by atoms with E-state index in [4.69, 9.17) is 0 Å². The monoisotopic (exact) mass is 301 g/mol. The Morgan fingerprint density at radius 2 is 2.05 bits per heavy atom. The summed E-state index contributed by atoms with van der Waals surface area (Å²) in [6, 6.07) is 5.66. The highest BCUT2D eigenvalue weighted by molar-refractivity contribution is 5.84. The van der Waals surface area contributed by atoms with Crippen molar-refractivity contribution in [2.75, 3.05) is 13.1 Å². The number of aromatic nitrogens is 3. The van der Waals surface area contributed by atoms with Gasteiger partial charge in [0.05, 0.1) is 12.9 Å². The molecule has 2 aromatic rings. The molecule has 2 heterocycles. The van der Waals surface area contributed by atoms with Crippen LogP contribution in [0.15, 0.2) is 36.9 Å². The molecule has 22 heavy (non-hydrogen) atoms. The first kappa shape index (κ1) is 15.7. The minimum Gasteiger partial charge on any atom is -0.354 e. The molecule has 116 valence electrons. The summed E-state index contributed by atoms with van der Waals surface area (Å²) in [5.41, 5.74) is 1.82. The molecule has 2 amide bonds. The zero-order valence-corrected chi connectivity index (χ0v) is 12.2. The molecule has 0 atom stereocenters.